The van der Waals surface area contributed by atoms with Gasteiger partial charge in [0, 0.05) is 18.6 Å². The fraction of sp³-hybridized carbons (Fsp3) is 0.538. The highest BCUT2D eigenvalue weighted by Gasteiger charge is 2.24. The molecule has 0 saturated carbocycles. The van der Waals surface area contributed by atoms with Gasteiger partial charge in [0.1, 0.15) is 0 Å². The molecular formula is C13H17Cl2NO. The van der Waals surface area contributed by atoms with Crippen molar-refractivity contribution >= 4 is 23.2 Å². The maximum absolute atomic E-state index is 6.02. The monoisotopic (exact) mass is 273 g/mol. The largest absolute Gasteiger partial charge is 0.381 e. The van der Waals surface area contributed by atoms with Crippen LogP contribution in [0.25, 0.3) is 0 Å². The number of benzene rings is 1. The molecule has 1 aliphatic rings. The van der Waals surface area contributed by atoms with Crippen molar-refractivity contribution in [1.82, 2.24) is 5.32 Å². The van der Waals surface area contributed by atoms with Gasteiger partial charge < -0.3 is 10.1 Å². The minimum atomic E-state index is 0.506. The van der Waals surface area contributed by atoms with E-state index in [1.165, 1.54) is 5.56 Å². The Labute approximate surface area is 112 Å². The Balaban J connectivity index is 2.05. The van der Waals surface area contributed by atoms with E-state index in [4.69, 9.17) is 27.9 Å². The van der Waals surface area contributed by atoms with Crippen molar-refractivity contribution in [3.63, 3.8) is 0 Å². The highest BCUT2D eigenvalue weighted by molar-refractivity contribution is 6.42. The van der Waals surface area contributed by atoms with Crippen LogP contribution in [-0.4, -0.2) is 26.3 Å². The van der Waals surface area contributed by atoms with Gasteiger partial charge in [0.05, 0.1) is 16.7 Å². The van der Waals surface area contributed by atoms with Crippen LogP contribution in [-0.2, 0) is 11.2 Å². The van der Waals surface area contributed by atoms with Crippen LogP contribution in [0.3, 0.4) is 0 Å². The molecule has 17 heavy (non-hydrogen) atoms. The van der Waals surface area contributed by atoms with Crippen LogP contribution >= 0.6 is 23.2 Å². The van der Waals surface area contributed by atoms with Crippen molar-refractivity contribution in [2.45, 2.75) is 18.9 Å². The Hall–Kier alpha value is -0.280. The maximum atomic E-state index is 6.02. The van der Waals surface area contributed by atoms with Crippen LogP contribution in [0.1, 0.15) is 12.0 Å². The van der Waals surface area contributed by atoms with Crippen LogP contribution in [0.5, 0.6) is 0 Å². The van der Waals surface area contributed by atoms with E-state index >= 15 is 0 Å². The summed E-state index contributed by atoms with van der Waals surface area (Å²) in [5.41, 5.74) is 1.22. The fourth-order valence-electron chi connectivity index (χ4n) is 2.35. The molecule has 1 saturated heterocycles. The zero-order chi connectivity index (χ0) is 12.3. The Morgan fingerprint density at radius 2 is 2.18 bits per heavy atom. The van der Waals surface area contributed by atoms with Gasteiger partial charge in [0.25, 0.3) is 0 Å². The van der Waals surface area contributed by atoms with E-state index < -0.39 is 0 Å². The van der Waals surface area contributed by atoms with Crippen LogP contribution in [0.2, 0.25) is 10.0 Å². The number of ether oxygens (including phenoxy) is 1. The first-order valence-corrected chi connectivity index (χ1v) is 6.65. The predicted molar refractivity (Wildman–Crippen MR) is 71.9 cm³/mol. The van der Waals surface area contributed by atoms with Crippen molar-refractivity contribution in [2.75, 3.05) is 20.3 Å². The summed E-state index contributed by atoms with van der Waals surface area (Å²) in [6.07, 6.45) is 2.05. The van der Waals surface area contributed by atoms with Crippen LogP contribution < -0.4 is 5.32 Å². The lowest BCUT2D eigenvalue weighted by Gasteiger charge is -2.31. The molecule has 0 unspecified atom stereocenters. The summed E-state index contributed by atoms with van der Waals surface area (Å²) in [5, 5.41) is 4.60. The van der Waals surface area contributed by atoms with Gasteiger partial charge in [-0.2, -0.15) is 0 Å². The summed E-state index contributed by atoms with van der Waals surface area (Å²) in [7, 11) is 2.01. The molecule has 1 heterocycles. The van der Waals surface area contributed by atoms with E-state index in [9.17, 15) is 0 Å². The summed E-state index contributed by atoms with van der Waals surface area (Å²) < 4.78 is 5.54. The Kier molecular flexibility index (Phi) is 4.69. The maximum Gasteiger partial charge on any atom is 0.0595 e. The smallest absolute Gasteiger partial charge is 0.0595 e. The molecule has 1 aliphatic heterocycles. The van der Waals surface area contributed by atoms with E-state index in [1.54, 1.807) is 0 Å². The highest BCUT2D eigenvalue weighted by Crippen LogP contribution is 2.26. The third-order valence-corrected chi connectivity index (χ3v) is 4.07. The molecular weight excluding hydrogens is 257 g/mol. The second-order valence-corrected chi connectivity index (χ2v) is 5.29. The van der Waals surface area contributed by atoms with E-state index in [0.29, 0.717) is 22.0 Å². The van der Waals surface area contributed by atoms with Crippen molar-refractivity contribution in [3.8, 4) is 0 Å². The van der Waals surface area contributed by atoms with Crippen LogP contribution in [0, 0.1) is 5.92 Å². The van der Waals surface area contributed by atoms with Crippen LogP contribution in [0.4, 0.5) is 0 Å². The first-order chi connectivity index (χ1) is 8.20. The van der Waals surface area contributed by atoms with Crippen molar-refractivity contribution in [3.05, 3.63) is 33.8 Å². The molecule has 94 valence electrons. The first-order valence-electron chi connectivity index (χ1n) is 5.89. The summed E-state index contributed by atoms with van der Waals surface area (Å²) in [6, 6.07) is 6.37. The molecule has 0 aliphatic carbocycles. The molecule has 0 radical (unpaired) electrons. The van der Waals surface area contributed by atoms with Crippen molar-refractivity contribution < 1.29 is 4.74 Å². The lowest BCUT2D eigenvalue weighted by molar-refractivity contribution is 0.0342. The molecule has 2 atom stereocenters. The summed E-state index contributed by atoms with van der Waals surface area (Å²) in [5.74, 6) is 0.506. The average Bonchev–Trinajstić information content (AvgIpc) is 2.34. The number of rotatable bonds is 3. The number of nitrogens with one attached hydrogen (secondary N) is 1. The van der Waals surface area contributed by atoms with Gasteiger partial charge in [-0.05, 0) is 37.6 Å². The van der Waals surface area contributed by atoms with Gasteiger partial charge >= 0.3 is 0 Å². The third kappa shape index (κ3) is 3.35. The Morgan fingerprint density at radius 1 is 1.35 bits per heavy atom. The van der Waals surface area contributed by atoms with E-state index in [0.717, 1.165) is 26.1 Å². The van der Waals surface area contributed by atoms with E-state index in [-0.39, 0.29) is 0 Å². The third-order valence-electron chi connectivity index (χ3n) is 3.33. The average molecular weight is 274 g/mol. The minimum absolute atomic E-state index is 0.506. The molecule has 1 aromatic rings. The normalized spacial score (nSPS) is 24.9. The number of hydrogen-bond acceptors (Lipinski definition) is 2. The molecule has 2 rings (SSSR count). The van der Waals surface area contributed by atoms with Gasteiger partial charge in [-0.15, -0.1) is 0 Å². The number of hydrogen-bond donors (Lipinski definition) is 1. The number of halogens is 2. The second-order valence-electron chi connectivity index (χ2n) is 4.47. The van der Waals surface area contributed by atoms with E-state index in [1.807, 2.05) is 25.2 Å². The van der Waals surface area contributed by atoms with Crippen LogP contribution in [0.15, 0.2) is 18.2 Å². The molecule has 2 nitrogen and oxygen atoms in total. The van der Waals surface area contributed by atoms with E-state index in [2.05, 4.69) is 5.32 Å². The second kappa shape index (κ2) is 6.05. The molecule has 1 fully saturated rings. The summed E-state index contributed by atoms with van der Waals surface area (Å²) in [4.78, 5) is 0. The molecule has 0 aromatic heterocycles. The first kappa shape index (κ1) is 13.2. The summed E-state index contributed by atoms with van der Waals surface area (Å²) in [6.45, 7) is 1.66. The molecule has 4 heteroatoms. The molecule has 0 bridgehead atoms. The molecule has 1 aromatic carbocycles. The van der Waals surface area contributed by atoms with Gasteiger partial charge in [-0.3, -0.25) is 0 Å². The van der Waals surface area contributed by atoms with Gasteiger partial charge in [-0.25, -0.2) is 0 Å². The van der Waals surface area contributed by atoms with Gasteiger partial charge in [0.15, 0.2) is 0 Å². The zero-order valence-corrected chi connectivity index (χ0v) is 11.4. The molecule has 1 N–H and O–H groups in total. The fourth-order valence-corrected chi connectivity index (χ4v) is 2.67. The standard InChI is InChI=1S/C13H17Cl2NO/c1-16-13-4-5-17-8-10(13)6-9-2-3-11(14)12(15)7-9/h2-3,7,10,13,16H,4-6,8H2,1H3/t10-,13-/m1/s1. The summed E-state index contributed by atoms with van der Waals surface area (Å²) >= 11 is 11.9. The molecule has 0 spiro atoms. The Morgan fingerprint density at radius 3 is 2.88 bits per heavy atom. The lowest BCUT2D eigenvalue weighted by atomic mass is 9.89. The SMILES string of the molecule is CN[C@@H]1CCOC[C@H]1Cc1ccc(Cl)c(Cl)c1. The molecule has 0 amide bonds. The van der Waals surface area contributed by atoms with Crippen molar-refractivity contribution in [2.24, 2.45) is 5.92 Å². The quantitative estimate of drug-likeness (QED) is 0.914. The predicted octanol–water partition coefficient (Wildman–Crippen LogP) is 3.16. The van der Waals surface area contributed by atoms with Crippen molar-refractivity contribution in [1.29, 1.82) is 0 Å². The Bertz CT molecular complexity index is 384. The van der Waals surface area contributed by atoms with Gasteiger partial charge in [0.2, 0.25) is 0 Å². The van der Waals surface area contributed by atoms with Gasteiger partial charge in [-0.1, -0.05) is 29.3 Å². The minimum Gasteiger partial charge on any atom is -0.381 e. The topological polar surface area (TPSA) is 21.3 Å². The lowest BCUT2D eigenvalue weighted by Crippen LogP contribution is -2.41. The zero-order valence-electron chi connectivity index (χ0n) is 9.88. The highest BCUT2D eigenvalue weighted by atomic mass is 35.5.